The minimum Gasteiger partial charge on any atom is -0.346 e. The molecule has 1 aliphatic carbocycles. The molecule has 0 spiro atoms. The number of nitrogens with zero attached hydrogens (tertiary/aromatic N) is 1. The van der Waals surface area contributed by atoms with Gasteiger partial charge in [0.2, 0.25) is 0 Å². The average molecular weight is 507 g/mol. The Balaban J connectivity index is 1.58. The fourth-order valence-corrected chi connectivity index (χ4v) is 4.64. The lowest BCUT2D eigenvalue weighted by Crippen LogP contribution is -2.24. The second-order valence-electron chi connectivity index (χ2n) is 8.52. The molecule has 1 heterocycles. The Hall–Kier alpha value is -2.57. The first kappa shape index (κ1) is 24.6. The quantitative estimate of drug-likeness (QED) is 0.380. The molecule has 34 heavy (non-hydrogen) atoms. The van der Waals surface area contributed by atoms with Crippen LogP contribution in [0.25, 0.3) is 11.1 Å². The highest BCUT2D eigenvalue weighted by Gasteiger charge is 2.31. The van der Waals surface area contributed by atoms with Gasteiger partial charge in [-0.15, -0.1) is 0 Å². The predicted octanol–water partition coefficient (Wildman–Crippen LogP) is 8.05. The number of rotatable bonds is 5. The lowest BCUT2D eigenvalue weighted by atomic mass is 9.82. The highest BCUT2D eigenvalue weighted by Crippen LogP contribution is 2.36. The summed E-state index contributed by atoms with van der Waals surface area (Å²) in [6, 6.07) is 14.1. The standard InChI is InChI=1S/C26H23Cl2F3N2O/c27-22-8-6-17(7-9-22)19-10-18(16-4-2-1-3-5-16)11-20(12-19)25(34)33-15-24-23(28)13-21(14-32-24)26(29,30)31/h6-14,16H,1-5,15H2,(H,33,34). The molecule has 4 rings (SSSR count). The molecule has 0 bridgehead atoms. The molecular weight excluding hydrogens is 484 g/mol. The van der Waals surface area contributed by atoms with Crippen LogP contribution >= 0.6 is 23.2 Å². The van der Waals surface area contributed by atoms with Gasteiger partial charge >= 0.3 is 6.18 Å². The van der Waals surface area contributed by atoms with Gasteiger partial charge in [0, 0.05) is 16.8 Å². The van der Waals surface area contributed by atoms with Crippen molar-refractivity contribution in [3.8, 4) is 11.1 Å². The maximum Gasteiger partial charge on any atom is 0.417 e. The number of nitrogens with one attached hydrogen (secondary N) is 1. The molecule has 0 atom stereocenters. The fraction of sp³-hybridized carbons (Fsp3) is 0.308. The molecule has 0 aliphatic heterocycles. The molecule has 1 saturated carbocycles. The summed E-state index contributed by atoms with van der Waals surface area (Å²) in [5, 5.41) is 3.23. The zero-order valence-corrected chi connectivity index (χ0v) is 19.8. The van der Waals surface area contributed by atoms with E-state index in [2.05, 4.69) is 16.4 Å². The van der Waals surface area contributed by atoms with Crippen molar-refractivity contribution in [1.29, 1.82) is 0 Å². The van der Waals surface area contributed by atoms with Crippen molar-refractivity contribution in [2.45, 2.75) is 50.7 Å². The van der Waals surface area contributed by atoms with Crippen LogP contribution in [0.5, 0.6) is 0 Å². The van der Waals surface area contributed by atoms with E-state index < -0.39 is 11.7 Å². The second-order valence-corrected chi connectivity index (χ2v) is 9.36. The number of amides is 1. The van der Waals surface area contributed by atoms with Gasteiger partial charge in [-0.25, -0.2) is 0 Å². The van der Waals surface area contributed by atoms with Gasteiger partial charge in [0.05, 0.1) is 22.8 Å². The zero-order chi connectivity index (χ0) is 24.3. The summed E-state index contributed by atoms with van der Waals surface area (Å²) in [5.74, 6) is 0.0456. The Labute approximate surface area is 206 Å². The highest BCUT2D eigenvalue weighted by atomic mass is 35.5. The van der Waals surface area contributed by atoms with Gasteiger partial charge in [-0.1, -0.05) is 60.7 Å². The summed E-state index contributed by atoms with van der Waals surface area (Å²) in [6.07, 6.45) is 1.89. The molecule has 0 unspecified atom stereocenters. The predicted molar refractivity (Wildman–Crippen MR) is 128 cm³/mol. The smallest absolute Gasteiger partial charge is 0.346 e. The Morgan fingerprint density at radius 3 is 2.32 bits per heavy atom. The van der Waals surface area contributed by atoms with Crippen molar-refractivity contribution in [2.75, 3.05) is 0 Å². The molecule has 2 aromatic carbocycles. The maximum absolute atomic E-state index is 13.0. The fourth-order valence-electron chi connectivity index (χ4n) is 4.28. The number of hydrogen-bond acceptors (Lipinski definition) is 2. The van der Waals surface area contributed by atoms with Crippen LogP contribution in [0.4, 0.5) is 13.2 Å². The molecule has 1 amide bonds. The van der Waals surface area contributed by atoms with Gasteiger partial charge in [0.1, 0.15) is 0 Å². The first-order chi connectivity index (χ1) is 16.2. The average Bonchev–Trinajstić information content (AvgIpc) is 2.83. The zero-order valence-electron chi connectivity index (χ0n) is 18.3. The minimum atomic E-state index is -4.53. The normalized spacial score (nSPS) is 14.7. The molecule has 3 aromatic rings. The van der Waals surface area contributed by atoms with E-state index in [0.717, 1.165) is 54.6 Å². The molecular formula is C26H23Cl2F3N2O. The number of carbonyl (C=O) groups excluding carboxylic acids is 1. The lowest BCUT2D eigenvalue weighted by molar-refractivity contribution is -0.137. The minimum absolute atomic E-state index is 0.0836. The third kappa shape index (κ3) is 5.91. The molecule has 1 N–H and O–H groups in total. The van der Waals surface area contributed by atoms with Crippen LogP contribution in [0.1, 0.15) is 65.2 Å². The SMILES string of the molecule is O=C(NCc1ncc(C(F)(F)F)cc1Cl)c1cc(-c2ccc(Cl)cc2)cc(C2CCCCC2)c1. The lowest BCUT2D eigenvalue weighted by Gasteiger charge is -2.23. The van der Waals surface area contributed by atoms with Crippen LogP contribution in [-0.4, -0.2) is 10.9 Å². The van der Waals surface area contributed by atoms with Crippen molar-refractivity contribution in [3.63, 3.8) is 0 Å². The maximum atomic E-state index is 13.0. The van der Waals surface area contributed by atoms with E-state index in [1.165, 1.54) is 6.42 Å². The largest absolute Gasteiger partial charge is 0.417 e. The third-order valence-corrected chi connectivity index (χ3v) is 6.71. The number of benzene rings is 2. The number of hydrogen-bond donors (Lipinski definition) is 1. The molecule has 1 aliphatic rings. The van der Waals surface area contributed by atoms with Gasteiger partial charge in [-0.2, -0.15) is 13.2 Å². The van der Waals surface area contributed by atoms with Crippen LogP contribution < -0.4 is 5.32 Å². The van der Waals surface area contributed by atoms with E-state index in [9.17, 15) is 18.0 Å². The number of aromatic nitrogens is 1. The number of pyridine rings is 1. The molecule has 0 saturated heterocycles. The summed E-state index contributed by atoms with van der Waals surface area (Å²) < 4.78 is 38.6. The van der Waals surface area contributed by atoms with Crippen molar-refractivity contribution in [1.82, 2.24) is 10.3 Å². The molecule has 0 radical (unpaired) electrons. The molecule has 178 valence electrons. The van der Waals surface area contributed by atoms with E-state index in [4.69, 9.17) is 23.2 Å². The van der Waals surface area contributed by atoms with Gasteiger partial charge in [-0.3, -0.25) is 9.78 Å². The van der Waals surface area contributed by atoms with Crippen molar-refractivity contribution in [3.05, 3.63) is 87.2 Å². The van der Waals surface area contributed by atoms with E-state index >= 15 is 0 Å². The van der Waals surface area contributed by atoms with Crippen LogP contribution in [0.3, 0.4) is 0 Å². The summed E-state index contributed by atoms with van der Waals surface area (Å²) >= 11 is 12.0. The molecule has 1 aromatic heterocycles. The Morgan fingerprint density at radius 1 is 0.971 bits per heavy atom. The van der Waals surface area contributed by atoms with Crippen LogP contribution in [0, 0.1) is 0 Å². The van der Waals surface area contributed by atoms with Crippen molar-refractivity contribution < 1.29 is 18.0 Å². The van der Waals surface area contributed by atoms with E-state index in [1.54, 1.807) is 0 Å². The van der Waals surface area contributed by atoms with Crippen molar-refractivity contribution in [2.24, 2.45) is 0 Å². The summed E-state index contributed by atoms with van der Waals surface area (Å²) in [7, 11) is 0. The summed E-state index contributed by atoms with van der Waals surface area (Å²) in [5.41, 5.74) is 2.70. The molecule has 8 heteroatoms. The third-order valence-electron chi connectivity index (χ3n) is 6.13. The van der Waals surface area contributed by atoms with Crippen LogP contribution in [0.2, 0.25) is 10.0 Å². The van der Waals surface area contributed by atoms with Gasteiger partial charge in [-0.05, 0) is 65.8 Å². The van der Waals surface area contributed by atoms with Crippen LogP contribution in [0.15, 0.2) is 54.7 Å². The molecule has 1 fully saturated rings. The second kappa shape index (κ2) is 10.4. The summed E-state index contributed by atoms with van der Waals surface area (Å²) in [4.78, 5) is 16.8. The number of halogens is 5. The topological polar surface area (TPSA) is 42.0 Å². The Kier molecular flexibility index (Phi) is 7.48. The van der Waals surface area contributed by atoms with E-state index in [1.807, 2.05) is 36.4 Å². The van der Waals surface area contributed by atoms with Gasteiger partial charge in [0.25, 0.3) is 5.91 Å². The van der Waals surface area contributed by atoms with Gasteiger partial charge < -0.3 is 5.32 Å². The van der Waals surface area contributed by atoms with E-state index in [-0.39, 0.29) is 23.2 Å². The first-order valence-corrected chi connectivity index (χ1v) is 11.9. The van der Waals surface area contributed by atoms with Crippen molar-refractivity contribution >= 4 is 29.1 Å². The summed E-state index contributed by atoms with van der Waals surface area (Å²) in [6.45, 7) is -0.0836. The van der Waals surface area contributed by atoms with E-state index in [0.29, 0.717) is 16.5 Å². The number of carbonyl (C=O) groups is 1. The Bertz CT molecular complexity index is 1170. The first-order valence-electron chi connectivity index (χ1n) is 11.1. The van der Waals surface area contributed by atoms with Crippen LogP contribution in [-0.2, 0) is 12.7 Å². The number of alkyl halides is 3. The van der Waals surface area contributed by atoms with Gasteiger partial charge in [0.15, 0.2) is 0 Å². The Morgan fingerprint density at radius 2 is 1.68 bits per heavy atom. The molecule has 3 nitrogen and oxygen atoms in total. The monoisotopic (exact) mass is 506 g/mol. The highest BCUT2D eigenvalue weighted by molar-refractivity contribution is 6.31.